The van der Waals surface area contributed by atoms with Crippen LogP contribution in [0.1, 0.15) is 40.1 Å². The van der Waals surface area contributed by atoms with Gasteiger partial charge in [-0.15, -0.1) is 11.3 Å². The fourth-order valence-corrected chi connectivity index (χ4v) is 2.95. The minimum Gasteiger partial charge on any atom is -0.487 e. The Hall–Kier alpha value is -3.17. The highest BCUT2D eigenvalue weighted by Gasteiger charge is 2.12. The zero-order valence-electron chi connectivity index (χ0n) is 14.2. The number of carbonyl (C=O) groups excluding carboxylic acids is 1. The molecule has 26 heavy (non-hydrogen) atoms. The summed E-state index contributed by atoms with van der Waals surface area (Å²) in [6, 6.07) is 16.1. The van der Waals surface area contributed by atoms with Gasteiger partial charge >= 0.3 is 0 Å². The molecule has 0 aliphatic heterocycles. The molecule has 0 bridgehead atoms. The molecule has 2 aromatic carbocycles. The quantitative estimate of drug-likeness (QED) is 0.716. The zero-order chi connectivity index (χ0) is 18.4. The number of hydrogen-bond acceptors (Lipinski definition) is 5. The summed E-state index contributed by atoms with van der Waals surface area (Å²) in [5.41, 5.74) is 4.68. The summed E-state index contributed by atoms with van der Waals surface area (Å²) < 4.78 is 5.69. The van der Waals surface area contributed by atoms with E-state index in [0.717, 1.165) is 11.3 Å². The summed E-state index contributed by atoms with van der Waals surface area (Å²) in [5, 5.41) is 13.7. The molecule has 5 nitrogen and oxygen atoms in total. The van der Waals surface area contributed by atoms with Crippen molar-refractivity contribution in [2.75, 3.05) is 0 Å². The highest BCUT2D eigenvalue weighted by molar-refractivity contribution is 7.07. The molecule has 0 aliphatic rings. The third-order valence-corrected chi connectivity index (χ3v) is 4.49. The molecule has 6 heteroatoms. The van der Waals surface area contributed by atoms with E-state index in [4.69, 9.17) is 10.00 Å². The van der Waals surface area contributed by atoms with Gasteiger partial charge in [-0.2, -0.15) is 5.26 Å². The standard InChI is InChI=1S/C20H17N3O2S/c1-14(16-7-5-15(10-21)6-8-16)23-20(24)17-3-2-4-19(9-17)25-11-18-12-26-13-22-18/h2-9,12-14H,11H2,1H3,(H,23,24). The number of nitrogens with one attached hydrogen (secondary N) is 1. The maximum atomic E-state index is 12.5. The number of hydrogen-bond donors (Lipinski definition) is 1. The second-order valence-corrected chi connectivity index (χ2v) is 6.44. The summed E-state index contributed by atoms with van der Waals surface area (Å²) in [4.78, 5) is 16.7. The van der Waals surface area contributed by atoms with Crippen molar-refractivity contribution < 1.29 is 9.53 Å². The number of thiazole rings is 1. The Morgan fingerprint density at radius 1 is 1.31 bits per heavy atom. The van der Waals surface area contributed by atoms with Gasteiger partial charge in [-0.25, -0.2) is 4.98 Å². The molecule has 3 rings (SSSR count). The predicted molar refractivity (Wildman–Crippen MR) is 99.9 cm³/mol. The van der Waals surface area contributed by atoms with Crippen LogP contribution in [0, 0.1) is 11.3 Å². The third-order valence-electron chi connectivity index (χ3n) is 3.85. The van der Waals surface area contributed by atoms with Crippen LogP contribution in [-0.2, 0) is 6.61 Å². The molecule has 0 radical (unpaired) electrons. The average molecular weight is 363 g/mol. The number of aromatic nitrogens is 1. The number of nitriles is 1. The van der Waals surface area contributed by atoms with Crippen LogP contribution in [0.5, 0.6) is 5.75 Å². The van der Waals surface area contributed by atoms with Gasteiger partial charge in [-0.1, -0.05) is 18.2 Å². The van der Waals surface area contributed by atoms with E-state index < -0.39 is 0 Å². The minimum absolute atomic E-state index is 0.171. The van der Waals surface area contributed by atoms with Gasteiger partial charge in [0.05, 0.1) is 28.9 Å². The van der Waals surface area contributed by atoms with E-state index in [2.05, 4.69) is 16.4 Å². The zero-order valence-corrected chi connectivity index (χ0v) is 15.0. The van der Waals surface area contributed by atoms with Gasteiger partial charge in [0.1, 0.15) is 12.4 Å². The van der Waals surface area contributed by atoms with Gasteiger partial charge < -0.3 is 10.1 Å². The largest absolute Gasteiger partial charge is 0.487 e. The second-order valence-electron chi connectivity index (χ2n) is 5.73. The predicted octanol–water partition coefficient (Wildman–Crippen LogP) is 4.08. The van der Waals surface area contributed by atoms with Crippen molar-refractivity contribution in [1.82, 2.24) is 10.3 Å². The van der Waals surface area contributed by atoms with Crippen LogP contribution in [0.25, 0.3) is 0 Å². The highest BCUT2D eigenvalue weighted by Crippen LogP contribution is 2.18. The van der Waals surface area contributed by atoms with E-state index in [1.54, 1.807) is 35.8 Å². The lowest BCUT2D eigenvalue weighted by atomic mass is 10.1. The Kier molecular flexibility index (Phi) is 5.62. The van der Waals surface area contributed by atoms with Crippen LogP contribution >= 0.6 is 11.3 Å². The molecule has 1 heterocycles. The molecule has 0 saturated carbocycles. The molecule has 1 aromatic heterocycles. The molecule has 0 fully saturated rings. The van der Waals surface area contributed by atoms with Gasteiger partial charge in [-0.05, 0) is 42.8 Å². The third kappa shape index (κ3) is 4.47. The van der Waals surface area contributed by atoms with Crippen molar-refractivity contribution in [2.45, 2.75) is 19.6 Å². The number of amides is 1. The Labute approximate surface area is 155 Å². The summed E-state index contributed by atoms with van der Waals surface area (Å²) in [7, 11) is 0. The molecule has 3 aromatic rings. The maximum absolute atomic E-state index is 12.5. The lowest BCUT2D eigenvalue weighted by Gasteiger charge is -2.15. The number of ether oxygens (including phenoxy) is 1. The molecule has 1 atom stereocenters. The number of nitrogens with zero attached hydrogens (tertiary/aromatic N) is 2. The molecule has 130 valence electrons. The van der Waals surface area contributed by atoms with Crippen LogP contribution in [0.15, 0.2) is 59.4 Å². The van der Waals surface area contributed by atoms with Crippen LogP contribution in [0.4, 0.5) is 0 Å². The molecule has 0 saturated heterocycles. The molecular weight excluding hydrogens is 346 g/mol. The van der Waals surface area contributed by atoms with E-state index >= 15 is 0 Å². The highest BCUT2D eigenvalue weighted by atomic mass is 32.1. The molecule has 1 amide bonds. The lowest BCUT2D eigenvalue weighted by molar-refractivity contribution is 0.0939. The normalized spacial score (nSPS) is 11.4. The first-order chi connectivity index (χ1) is 12.7. The van der Waals surface area contributed by atoms with Crippen molar-refractivity contribution in [2.24, 2.45) is 0 Å². The number of rotatable bonds is 6. The Morgan fingerprint density at radius 2 is 2.12 bits per heavy atom. The van der Waals surface area contributed by atoms with Gasteiger partial charge in [0.15, 0.2) is 0 Å². The monoisotopic (exact) mass is 363 g/mol. The summed E-state index contributed by atoms with van der Waals surface area (Å²) in [6.45, 7) is 2.28. The Balaban J connectivity index is 1.63. The van der Waals surface area contributed by atoms with Gasteiger partial charge in [0.25, 0.3) is 5.91 Å². The van der Waals surface area contributed by atoms with Gasteiger partial charge in [0, 0.05) is 10.9 Å². The second kappa shape index (κ2) is 8.28. The lowest BCUT2D eigenvalue weighted by Crippen LogP contribution is -2.26. The molecule has 1 unspecified atom stereocenters. The van der Waals surface area contributed by atoms with E-state index in [-0.39, 0.29) is 11.9 Å². The maximum Gasteiger partial charge on any atom is 0.251 e. The first kappa shape index (κ1) is 17.6. The fourth-order valence-electron chi connectivity index (χ4n) is 2.40. The number of carbonyl (C=O) groups is 1. The summed E-state index contributed by atoms with van der Waals surface area (Å²) in [6.07, 6.45) is 0. The van der Waals surface area contributed by atoms with Crippen molar-refractivity contribution in [3.63, 3.8) is 0 Å². The molecule has 0 spiro atoms. The van der Waals surface area contributed by atoms with E-state index in [1.807, 2.05) is 30.5 Å². The van der Waals surface area contributed by atoms with Gasteiger partial charge in [0.2, 0.25) is 0 Å². The van der Waals surface area contributed by atoms with E-state index in [9.17, 15) is 4.79 Å². The van der Waals surface area contributed by atoms with Crippen molar-refractivity contribution in [3.05, 3.63) is 81.8 Å². The Bertz CT molecular complexity index is 915. The first-order valence-electron chi connectivity index (χ1n) is 8.06. The molecular formula is C20H17N3O2S. The smallest absolute Gasteiger partial charge is 0.251 e. The molecule has 0 aliphatic carbocycles. The van der Waals surface area contributed by atoms with Crippen LogP contribution in [-0.4, -0.2) is 10.9 Å². The topological polar surface area (TPSA) is 75.0 Å². The van der Waals surface area contributed by atoms with E-state index in [1.165, 1.54) is 11.3 Å². The summed E-state index contributed by atoms with van der Waals surface area (Å²) in [5.74, 6) is 0.442. The van der Waals surface area contributed by atoms with Crippen LogP contribution in [0.3, 0.4) is 0 Å². The summed E-state index contributed by atoms with van der Waals surface area (Å²) >= 11 is 1.52. The van der Waals surface area contributed by atoms with Gasteiger partial charge in [-0.3, -0.25) is 4.79 Å². The van der Waals surface area contributed by atoms with E-state index in [0.29, 0.717) is 23.5 Å². The fraction of sp³-hybridized carbons (Fsp3) is 0.150. The van der Waals surface area contributed by atoms with Crippen molar-refractivity contribution in [1.29, 1.82) is 5.26 Å². The number of benzene rings is 2. The first-order valence-corrected chi connectivity index (χ1v) is 9.01. The van der Waals surface area contributed by atoms with Crippen LogP contribution < -0.4 is 10.1 Å². The minimum atomic E-state index is -0.180. The Morgan fingerprint density at radius 3 is 2.81 bits per heavy atom. The average Bonchev–Trinajstić information content (AvgIpc) is 3.20. The van der Waals surface area contributed by atoms with Crippen molar-refractivity contribution >= 4 is 17.2 Å². The molecule has 1 N–H and O–H groups in total. The van der Waals surface area contributed by atoms with Crippen LogP contribution in [0.2, 0.25) is 0 Å². The SMILES string of the molecule is CC(NC(=O)c1cccc(OCc2cscn2)c1)c1ccc(C#N)cc1. The van der Waals surface area contributed by atoms with Crippen molar-refractivity contribution in [3.8, 4) is 11.8 Å².